The fourth-order valence-corrected chi connectivity index (χ4v) is 4.13. The van der Waals surface area contributed by atoms with E-state index in [9.17, 15) is 19.2 Å². The van der Waals surface area contributed by atoms with Gasteiger partial charge in [0.25, 0.3) is 11.8 Å². The summed E-state index contributed by atoms with van der Waals surface area (Å²) in [4.78, 5) is 48.5. The SMILES string of the molecule is CC1CCC2(CC1)NC(=O)N(NC(=O)COC(=O)CC1CCCC1)C2=O. The Kier molecular flexibility index (Phi) is 5.48. The Bertz CT molecular complexity index is 592. The van der Waals surface area contributed by atoms with Crippen molar-refractivity contribution < 1.29 is 23.9 Å². The quantitative estimate of drug-likeness (QED) is 0.569. The van der Waals surface area contributed by atoms with E-state index in [0.717, 1.165) is 43.5 Å². The highest BCUT2D eigenvalue weighted by Gasteiger charge is 2.52. The normalized spacial score (nSPS) is 29.1. The number of imide groups is 1. The van der Waals surface area contributed by atoms with E-state index in [4.69, 9.17) is 4.74 Å². The molecule has 0 aromatic carbocycles. The van der Waals surface area contributed by atoms with E-state index in [-0.39, 0.29) is 0 Å². The molecule has 0 aromatic heterocycles. The molecule has 1 heterocycles. The first-order valence-electron chi connectivity index (χ1n) is 9.51. The Hall–Kier alpha value is -2.12. The first kappa shape index (κ1) is 18.7. The number of nitrogens with zero attached hydrogens (tertiary/aromatic N) is 1. The van der Waals surface area contributed by atoms with E-state index in [2.05, 4.69) is 17.7 Å². The molecule has 26 heavy (non-hydrogen) atoms. The predicted octanol–water partition coefficient (Wildman–Crippen LogP) is 1.64. The maximum atomic E-state index is 12.6. The standard InChI is InChI=1S/C18H27N3O5/c1-12-6-8-18(9-7-12)16(24)21(17(25)19-18)20-14(22)11-26-15(23)10-13-4-2-3-5-13/h12-13H,2-11H2,1H3,(H,19,25)(H,20,22). The number of esters is 1. The van der Waals surface area contributed by atoms with Gasteiger partial charge in [-0.2, -0.15) is 5.01 Å². The van der Waals surface area contributed by atoms with Crippen molar-refractivity contribution in [3.05, 3.63) is 0 Å². The lowest BCUT2D eigenvalue weighted by Gasteiger charge is -2.33. The van der Waals surface area contributed by atoms with Gasteiger partial charge in [-0.25, -0.2) is 4.79 Å². The Morgan fingerprint density at radius 3 is 2.50 bits per heavy atom. The molecule has 1 aliphatic heterocycles. The maximum Gasteiger partial charge on any atom is 0.344 e. The average molecular weight is 365 g/mol. The van der Waals surface area contributed by atoms with E-state index in [1.54, 1.807) is 0 Å². The van der Waals surface area contributed by atoms with Crippen molar-refractivity contribution in [3.63, 3.8) is 0 Å². The molecule has 8 nitrogen and oxygen atoms in total. The van der Waals surface area contributed by atoms with Gasteiger partial charge in [-0.3, -0.25) is 19.8 Å². The van der Waals surface area contributed by atoms with Gasteiger partial charge in [0.1, 0.15) is 5.54 Å². The number of carbonyl (C=O) groups is 4. The van der Waals surface area contributed by atoms with E-state index in [0.29, 0.717) is 31.1 Å². The molecule has 2 saturated carbocycles. The smallest absolute Gasteiger partial charge is 0.344 e. The molecule has 4 amide bonds. The summed E-state index contributed by atoms with van der Waals surface area (Å²) < 4.78 is 4.98. The molecule has 8 heteroatoms. The zero-order valence-electron chi connectivity index (χ0n) is 15.2. The third-order valence-electron chi connectivity index (χ3n) is 5.82. The van der Waals surface area contributed by atoms with Gasteiger partial charge in [-0.15, -0.1) is 0 Å². The van der Waals surface area contributed by atoms with Gasteiger partial charge in [-0.1, -0.05) is 19.8 Å². The average Bonchev–Trinajstić information content (AvgIpc) is 3.19. The van der Waals surface area contributed by atoms with Crippen molar-refractivity contribution in [2.45, 2.75) is 70.3 Å². The molecule has 0 atom stereocenters. The summed E-state index contributed by atoms with van der Waals surface area (Å²) in [6.07, 6.45) is 7.46. The molecule has 0 unspecified atom stereocenters. The third-order valence-corrected chi connectivity index (χ3v) is 5.82. The van der Waals surface area contributed by atoms with E-state index in [1.165, 1.54) is 0 Å². The highest BCUT2D eigenvalue weighted by atomic mass is 16.5. The van der Waals surface area contributed by atoms with Crippen molar-refractivity contribution in [2.24, 2.45) is 11.8 Å². The van der Waals surface area contributed by atoms with E-state index in [1.807, 2.05) is 0 Å². The first-order valence-corrected chi connectivity index (χ1v) is 9.51. The highest BCUT2D eigenvalue weighted by molar-refractivity contribution is 6.08. The van der Waals surface area contributed by atoms with Crippen molar-refractivity contribution in [3.8, 4) is 0 Å². The lowest BCUT2D eigenvalue weighted by molar-refractivity contribution is -0.151. The van der Waals surface area contributed by atoms with E-state index >= 15 is 0 Å². The van der Waals surface area contributed by atoms with Crippen LogP contribution in [0, 0.1) is 11.8 Å². The second kappa shape index (κ2) is 7.63. The fraction of sp³-hybridized carbons (Fsp3) is 0.778. The lowest BCUT2D eigenvalue weighted by Crippen LogP contribution is -2.52. The molecule has 3 aliphatic rings. The molecule has 0 aromatic rings. The number of amides is 4. The minimum Gasteiger partial charge on any atom is -0.455 e. The lowest BCUT2D eigenvalue weighted by atomic mass is 9.77. The monoisotopic (exact) mass is 365 g/mol. The van der Waals surface area contributed by atoms with Crippen LogP contribution in [0.2, 0.25) is 0 Å². The van der Waals surface area contributed by atoms with Gasteiger partial charge in [0, 0.05) is 6.42 Å². The van der Waals surface area contributed by atoms with Crippen molar-refractivity contribution in [1.29, 1.82) is 0 Å². The minimum absolute atomic E-state index is 0.317. The van der Waals surface area contributed by atoms with Crippen LogP contribution in [-0.2, 0) is 19.1 Å². The Balaban J connectivity index is 1.47. The zero-order chi connectivity index (χ0) is 18.7. The molecule has 1 saturated heterocycles. The van der Waals surface area contributed by atoms with Gasteiger partial charge in [0.05, 0.1) is 0 Å². The number of urea groups is 1. The predicted molar refractivity (Wildman–Crippen MR) is 91.4 cm³/mol. The molecular weight excluding hydrogens is 338 g/mol. The summed E-state index contributed by atoms with van der Waals surface area (Å²) in [7, 11) is 0. The molecule has 0 bridgehead atoms. The van der Waals surface area contributed by atoms with E-state index < -0.39 is 36.0 Å². The van der Waals surface area contributed by atoms with Crippen LogP contribution in [0.5, 0.6) is 0 Å². The maximum absolute atomic E-state index is 12.6. The van der Waals surface area contributed by atoms with Crippen LogP contribution in [0.4, 0.5) is 4.79 Å². The third kappa shape index (κ3) is 3.99. The number of nitrogens with one attached hydrogen (secondary N) is 2. The molecule has 0 radical (unpaired) electrons. The number of hydrazine groups is 1. The summed E-state index contributed by atoms with van der Waals surface area (Å²) in [5, 5.41) is 3.45. The summed E-state index contributed by atoms with van der Waals surface area (Å²) in [6.45, 7) is 1.63. The summed E-state index contributed by atoms with van der Waals surface area (Å²) in [5.74, 6) is -0.671. The Morgan fingerprint density at radius 1 is 1.19 bits per heavy atom. The van der Waals surface area contributed by atoms with Crippen LogP contribution in [-0.4, -0.2) is 41.0 Å². The van der Waals surface area contributed by atoms with Crippen LogP contribution in [0.15, 0.2) is 0 Å². The summed E-state index contributed by atoms with van der Waals surface area (Å²) >= 11 is 0. The molecular formula is C18H27N3O5. The summed E-state index contributed by atoms with van der Waals surface area (Å²) in [6, 6.07) is -0.629. The largest absolute Gasteiger partial charge is 0.455 e. The topological polar surface area (TPSA) is 105 Å². The molecule has 3 fully saturated rings. The number of carbonyl (C=O) groups excluding carboxylic acids is 4. The molecule has 144 valence electrons. The minimum atomic E-state index is -0.907. The van der Waals surface area contributed by atoms with Gasteiger partial charge < -0.3 is 10.1 Å². The second-order valence-corrected chi connectivity index (χ2v) is 7.89. The highest BCUT2D eigenvalue weighted by Crippen LogP contribution is 2.35. The Morgan fingerprint density at radius 2 is 1.85 bits per heavy atom. The number of hydrogen-bond donors (Lipinski definition) is 2. The van der Waals surface area contributed by atoms with Gasteiger partial charge >= 0.3 is 12.0 Å². The molecule has 3 rings (SSSR count). The molecule has 2 aliphatic carbocycles. The van der Waals surface area contributed by atoms with Crippen LogP contribution >= 0.6 is 0 Å². The van der Waals surface area contributed by atoms with Gasteiger partial charge in [-0.05, 0) is 50.4 Å². The molecule has 2 N–H and O–H groups in total. The first-order chi connectivity index (χ1) is 12.4. The molecule has 1 spiro atoms. The number of rotatable bonds is 5. The van der Waals surface area contributed by atoms with Crippen molar-refractivity contribution >= 4 is 23.8 Å². The zero-order valence-corrected chi connectivity index (χ0v) is 15.2. The Labute approximate surface area is 153 Å². The second-order valence-electron chi connectivity index (χ2n) is 7.89. The van der Waals surface area contributed by atoms with Crippen LogP contribution in [0.1, 0.15) is 64.7 Å². The van der Waals surface area contributed by atoms with Gasteiger partial charge in [0.2, 0.25) is 0 Å². The number of hydrogen-bond acceptors (Lipinski definition) is 5. The van der Waals surface area contributed by atoms with Crippen LogP contribution in [0.3, 0.4) is 0 Å². The van der Waals surface area contributed by atoms with Crippen LogP contribution in [0.25, 0.3) is 0 Å². The summed E-state index contributed by atoms with van der Waals surface area (Å²) in [5.41, 5.74) is 1.36. The fourth-order valence-electron chi connectivity index (χ4n) is 4.13. The number of ether oxygens (including phenoxy) is 1. The van der Waals surface area contributed by atoms with Crippen molar-refractivity contribution in [2.75, 3.05) is 6.61 Å². The van der Waals surface area contributed by atoms with Crippen molar-refractivity contribution in [1.82, 2.24) is 15.8 Å². The van der Waals surface area contributed by atoms with Gasteiger partial charge in [0.15, 0.2) is 6.61 Å². The van der Waals surface area contributed by atoms with Crippen LogP contribution < -0.4 is 10.7 Å².